The molecule has 12 heteroatoms. The Morgan fingerprint density at radius 2 is 1.83 bits per heavy atom. The Kier molecular flexibility index (Phi) is 7.39. The lowest BCUT2D eigenvalue weighted by Gasteiger charge is -2.49. The molecule has 1 unspecified atom stereocenters. The van der Waals surface area contributed by atoms with Gasteiger partial charge in [-0.1, -0.05) is 12.1 Å². The Bertz CT molecular complexity index is 2540. The number of rotatable bonds is 5. The number of ether oxygens (including phenoxy) is 1. The molecule has 4 aliphatic rings. The van der Waals surface area contributed by atoms with Crippen molar-refractivity contribution in [1.29, 1.82) is 0 Å². The first-order valence-electron chi connectivity index (χ1n) is 18.8. The maximum absolute atomic E-state index is 14.8. The summed E-state index contributed by atoms with van der Waals surface area (Å²) in [6.07, 6.45) is 9.46. The van der Waals surface area contributed by atoms with Gasteiger partial charge in [-0.25, -0.2) is 9.07 Å². The van der Waals surface area contributed by atoms with Gasteiger partial charge < -0.3 is 19.5 Å². The molecule has 1 N–H and O–H groups in total. The van der Waals surface area contributed by atoms with Gasteiger partial charge in [-0.15, -0.1) is 0 Å². The normalized spacial score (nSPS) is 19.4. The number of aromatic amines is 1. The number of hydrogen-bond donors (Lipinski definition) is 1. The molecule has 3 aromatic heterocycles. The summed E-state index contributed by atoms with van der Waals surface area (Å²) in [7, 11) is 1.89. The van der Waals surface area contributed by atoms with E-state index in [9.17, 15) is 14.0 Å². The third kappa shape index (κ3) is 5.18. The van der Waals surface area contributed by atoms with Gasteiger partial charge >= 0.3 is 0 Å². The van der Waals surface area contributed by atoms with E-state index < -0.39 is 5.92 Å². The summed E-state index contributed by atoms with van der Waals surface area (Å²) in [5.74, 6) is -0.461. The molecule has 1 aliphatic carbocycles. The summed E-state index contributed by atoms with van der Waals surface area (Å²) in [5.41, 5.74) is 7.66. The van der Waals surface area contributed by atoms with Gasteiger partial charge in [-0.3, -0.25) is 19.2 Å². The number of fused-ring (bicyclic) bond motifs is 3. The molecular formula is C42H41FN8O3. The van der Waals surface area contributed by atoms with Crippen molar-refractivity contribution in [3.8, 4) is 5.69 Å². The minimum absolute atomic E-state index is 0.00878. The highest BCUT2D eigenvalue weighted by Gasteiger charge is 2.42. The Hall–Kier alpha value is -5.75. The van der Waals surface area contributed by atoms with Crippen molar-refractivity contribution >= 4 is 45.1 Å². The van der Waals surface area contributed by atoms with E-state index in [1.807, 2.05) is 47.0 Å². The Balaban J connectivity index is 0.975. The first kappa shape index (κ1) is 32.9. The number of benzene rings is 3. The van der Waals surface area contributed by atoms with Gasteiger partial charge in [0.1, 0.15) is 17.3 Å². The molecule has 1 saturated heterocycles. The number of morpholine rings is 1. The van der Waals surface area contributed by atoms with Crippen LogP contribution in [0.25, 0.3) is 27.5 Å². The number of nitrogens with one attached hydrogen (secondary N) is 1. The van der Waals surface area contributed by atoms with Gasteiger partial charge in [0, 0.05) is 66.8 Å². The van der Waals surface area contributed by atoms with E-state index in [0.717, 1.165) is 76.9 Å². The van der Waals surface area contributed by atoms with Gasteiger partial charge in [0.2, 0.25) is 5.91 Å². The summed E-state index contributed by atoms with van der Waals surface area (Å²) < 4.78 is 24.6. The minimum Gasteiger partial charge on any atom is -0.371 e. The molecule has 54 heavy (non-hydrogen) atoms. The first-order chi connectivity index (χ1) is 26.1. The lowest BCUT2D eigenvalue weighted by Crippen LogP contribution is -2.55. The molecule has 1 spiro atoms. The molecule has 1 atom stereocenters. The number of amides is 2. The molecule has 6 heterocycles. The Morgan fingerprint density at radius 3 is 2.63 bits per heavy atom. The molecule has 11 nitrogen and oxygen atoms in total. The van der Waals surface area contributed by atoms with Crippen molar-refractivity contribution in [2.45, 2.75) is 57.6 Å². The van der Waals surface area contributed by atoms with E-state index in [0.29, 0.717) is 41.3 Å². The van der Waals surface area contributed by atoms with Crippen LogP contribution in [0.2, 0.25) is 0 Å². The van der Waals surface area contributed by atoms with Crippen LogP contribution >= 0.6 is 0 Å². The third-order valence-corrected chi connectivity index (χ3v) is 12.0. The highest BCUT2D eigenvalue weighted by atomic mass is 19.1. The van der Waals surface area contributed by atoms with Crippen LogP contribution in [0.1, 0.15) is 63.6 Å². The average Bonchev–Trinajstić information content (AvgIpc) is 3.95. The zero-order chi connectivity index (χ0) is 36.9. The second kappa shape index (κ2) is 12.1. The molecule has 2 amide bonds. The number of H-pyrrole nitrogens is 1. The van der Waals surface area contributed by atoms with E-state index in [2.05, 4.69) is 33.2 Å². The standard InChI is InChI=1S/C42H41FN8O3/c1-25-17-31(18-26(2)38(25)43)51-39(50-14-9-32(40(50)52)27-5-8-37-29(19-27)22-44-47(37)3)33-23-48(13-10-35(33)46-51)41(53)36-21-28-20-30(6-7-34(28)45-36)49-15-16-54-42(24-49)11-4-12-42/h5-9,14,17-22,32,45H,4,10-13,15-16,23-24H2,1-3H3. The van der Waals surface area contributed by atoms with Crippen LogP contribution in [0.5, 0.6) is 0 Å². The van der Waals surface area contributed by atoms with Gasteiger partial charge in [-0.05, 0) is 98.3 Å². The van der Waals surface area contributed by atoms with Crippen LogP contribution < -0.4 is 9.80 Å². The molecule has 1 saturated carbocycles. The summed E-state index contributed by atoms with van der Waals surface area (Å²) in [5, 5.41) is 11.3. The van der Waals surface area contributed by atoms with Crippen molar-refractivity contribution in [2.75, 3.05) is 36.0 Å². The lowest BCUT2D eigenvalue weighted by molar-refractivity contribution is -0.118. The summed E-state index contributed by atoms with van der Waals surface area (Å²) >= 11 is 0. The van der Waals surface area contributed by atoms with Crippen molar-refractivity contribution in [2.24, 2.45) is 7.05 Å². The van der Waals surface area contributed by atoms with Crippen molar-refractivity contribution < 1.29 is 18.7 Å². The summed E-state index contributed by atoms with van der Waals surface area (Å²) in [4.78, 5) is 37.9. The molecule has 10 rings (SSSR count). The highest BCUT2D eigenvalue weighted by Crippen LogP contribution is 2.41. The second-order valence-electron chi connectivity index (χ2n) is 15.4. The third-order valence-electron chi connectivity index (χ3n) is 12.0. The maximum Gasteiger partial charge on any atom is 0.270 e. The Morgan fingerprint density at radius 1 is 1.00 bits per heavy atom. The SMILES string of the molecule is Cc1cc(-n2nc3c(c2N2C=CC(c4ccc5c(cnn5C)c4)C2=O)CN(C(=O)c2cc4cc(N5CCOC6(CCC6)C5)ccc4[nH]2)CC3)cc(C)c1F. The number of aryl methyl sites for hydroxylation is 3. The zero-order valence-corrected chi connectivity index (χ0v) is 30.6. The Labute approximate surface area is 311 Å². The monoisotopic (exact) mass is 724 g/mol. The van der Waals surface area contributed by atoms with Crippen molar-refractivity contribution in [1.82, 2.24) is 29.4 Å². The number of halogens is 1. The van der Waals surface area contributed by atoms with Crippen LogP contribution in [-0.4, -0.2) is 73.1 Å². The predicted molar refractivity (Wildman–Crippen MR) is 205 cm³/mol. The molecule has 274 valence electrons. The van der Waals surface area contributed by atoms with Crippen LogP contribution in [0.3, 0.4) is 0 Å². The van der Waals surface area contributed by atoms with Crippen LogP contribution in [-0.2, 0) is 29.5 Å². The van der Waals surface area contributed by atoms with Crippen molar-refractivity contribution in [3.63, 3.8) is 0 Å². The summed E-state index contributed by atoms with van der Waals surface area (Å²) in [6, 6.07) is 17.8. The maximum atomic E-state index is 14.8. The summed E-state index contributed by atoms with van der Waals surface area (Å²) in [6.45, 7) is 6.67. The molecule has 2 fully saturated rings. The van der Waals surface area contributed by atoms with Gasteiger partial charge in [0.25, 0.3) is 5.91 Å². The highest BCUT2D eigenvalue weighted by molar-refractivity contribution is 6.04. The van der Waals surface area contributed by atoms with Crippen LogP contribution in [0, 0.1) is 19.7 Å². The first-order valence-corrected chi connectivity index (χ1v) is 18.8. The fourth-order valence-corrected chi connectivity index (χ4v) is 8.83. The van der Waals surface area contributed by atoms with Crippen molar-refractivity contribution in [3.05, 3.63) is 113 Å². The van der Waals surface area contributed by atoms with Gasteiger partial charge in [-0.2, -0.15) is 10.2 Å². The van der Waals surface area contributed by atoms with E-state index in [1.165, 1.54) is 6.42 Å². The number of anilines is 2. The number of hydrogen-bond acceptors (Lipinski definition) is 6. The molecule has 6 aromatic rings. The molecular weight excluding hydrogens is 684 g/mol. The van der Waals surface area contributed by atoms with Crippen LogP contribution in [0.4, 0.5) is 15.9 Å². The fourth-order valence-electron chi connectivity index (χ4n) is 8.83. The lowest BCUT2D eigenvalue weighted by atomic mass is 9.79. The van der Waals surface area contributed by atoms with Gasteiger partial charge in [0.05, 0.1) is 47.8 Å². The quantitative estimate of drug-likeness (QED) is 0.215. The number of carbonyl (C=O) groups excluding carboxylic acids is 2. The van der Waals surface area contributed by atoms with E-state index in [-0.39, 0.29) is 29.8 Å². The van der Waals surface area contributed by atoms with E-state index >= 15 is 0 Å². The van der Waals surface area contributed by atoms with E-state index in [4.69, 9.17) is 9.84 Å². The van der Waals surface area contributed by atoms with Crippen LogP contribution in [0.15, 0.2) is 73.1 Å². The zero-order valence-electron chi connectivity index (χ0n) is 30.6. The average molecular weight is 725 g/mol. The topological polar surface area (TPSA) is 105 Å². The second-order valence-corrected chi connectivity index (χ2v) is 15.4. The predicted octanol–water partition coefficient (Wildman–Crippen LogP) is 6.60. The molecule has 3 aromatic carbocycles. The fraction of sp³-hybridized carbons (Fsp3) is 0.333. The van der Waals surface area contributed by atoms with Gasteiger partial charge in [0.15, 0.2) is 0 Å². The van der Waals surface area contributed by atoms with E-state index in [1.54, 1.807) is 48.0 Å². The number of nitrogens with zero attached hydrogens (tertiary/aromatic N) is 7. The number of carbonyl (C=O) groups is 2. The minimum atomic E-state index is -0.514. The molecule has 0 radical (unpaired) electrons. The largest absolute Gasteiger partial charge is 0.371 e. The number of aromatic nitrogens is 5. The smallest absolute Gasteiger partial charge is 0.270 e. The molecule has 3 aliphatic heterocycles. The molecule has 0 bridgehead atoms.